The van der Waals surface area contributed by atoms with Crippen molar-refractivity contribution in [3.8, 4) is 11.1 Å². The third kappa shape index (κ3) is 6.62. The lowest BCUT2D eigenvalue weighted by Crippen LogP contribution is -2.40. The van der Waals surface area contributed by atoms with Crippen molar-refractivity contribution in [1.29, 1.82) is 0 Å². The predicted octanol–water partition coefficient (Wildman–Crippen LogP) is 4.95. The van der Waals surface area contributed by atoms with Crippen molar-refractivity contribution < 1.29 is 24.2 Å². The van der Waals surface area contributed by atoms with Gasteiger partial charge in [0.25, 0.3) is 0 Å². The van der Waals surface area contributed by atoms with Gasteiger partial charge < -0.3 is 20.5 Å². The lowest BCUT2D eigenvalue weighted by Gasteiger charge is -2.23. The van der Waals surface area contributed by atoms with Crippen LogP contribution < -0.4 is 10.6 Å². The SMILES string of the molecule is CCC(C)(CNC(=O)CCC(C)CCNC(=O)OCC1c2ccccc2-c2ccccc21)C(=O)O. The molecule has 0 heterocycles. The Morgan fingerprint density at radius 1 is 1.00 bits per heavy atom. The van der Waals surface area contributed by atoms with Gasteiger partial charge in [-0.25, -0.2) is 4.79 Å². The van der Waals surface area contributed by atoms with Crippen molar-refractivity contribution in [3.63, 3.8) is 0 Å². The lowest BCUT2D eigenvalue weighted by atomic mass is 9.87. The molecule has 0 saturated carbocycles. The molecule has 2 amide bonds. The maximum Gasteiger partial charge on any atom is 0.407 e. The molecule has 35 heavy (non-hydrogen) atoms. The van der Waals surface area contributed by atoms with Gasteiger partial charge in [-0.15, -0.1) is 0 Å². The summed E-state index contributed by atoms with van der Waals surface area (Å²) in [5, 5.41) is 14.8. The lowest BCUT2D eigenvalue weighted by molar-refractivity contribution is -0.148. The number of benzene rings is 2. The van der Waals surface area contributed by atoms with E-state index < -0.39 is 17.5 Å². The van der Waals surface area contributed by atoms with Gasteiger partial charge >= 0.3 is 12.1 Å². The van der Waals surface area contributed by atoms with Crippen molar-refractivity contribution in [2.24, 2.45) is 11.3 Å². The zero-order valence-corrected chi connectivity index (χ0v) is 20.8. The topological polar surface area (TPSA) is 105 Å². The zero-order chi connectivity index (χ0) is 25.4. The van der Waals surface area contributed by atoms with Gasteiger partial charge in [0, 0.05) is 25.4 Å². The van der Waals surface area contributed by atoms with Gasteiger partial charge in [0.15, 0.2) is 0 Å². The summed E-state index contributed by atoms with van der Waals surface area (Å²) in [6.07, 6.45) is 1.71. The standard InChI is InChI=1S/C28H36N2O5/c1-4-28(3,26(32)33)18-30-25(31)14-13-19(2)15-16-29-27(34)35-17-24-22-11-7-5-9-20(22)21-10-6-8-12-23(21)24/h5-12,19,24H,4,13-18H2,1-3H3,(H,29,34)(H,30,31)(H,32,33). The molecule has 2 aromatic rings. The van der Waals surface area contributed by atoms with E-state index in [2.05, 4.69) is 34.9 Å². The molecule has 2 atom stereocenters. The highest BCUT2D eigenvalue weighted by atomic mass is 16.5. The van der Waals surface area contributed by atoms with Crippen LogP contribution in [-0.4, -0.2) is 42.8 Å². The van der Waals surface area contributed by atoms with Gasteiger partial charge in [0.2, 0.25) is 5.91 Å². The number of ether oxygens (including phenoxy) is 1. The van der Waals surface area contributed by atoms with Gasteiger partial charge in [0.05, 0.1) is 5.41 Å². The number of amides is 2. The van der Waals surface area contributed by atoms with Crippen molar-refractivity contribution in [2.45, 2.75) is 52.4 Å². The molecule has 0 aliphatic heterocycles. The fourth-order valence-corrected chi connectivity index (χ4v) is 4.33. The van der Waals surface area contributed by atoms with E-state index in [1.807, 2.05) is 31.2 Å². The molecule has 0 radical (unpaired) electrons. The van der Waals surface area contributed by atoms with Crippen LogP contribution in [0.4, 0.5) is 4.79 Å². The van der Waals surface area contributed by atoms with E-state index in [9.17, 15) is 19.5 Å². The minimum absolute atomic E-state index is 0.0290. The number of rotatable bonds is 12. The Balaban J connectivity index is 1.36. The van der Waals surface area contributed by atoms with E-state index >= 15 is 0 Å². The van der Waals surface area contributed by atoms with Gasteiger partial charge in [0.1, 0.15) is 6.61 Å². The monoisotopic (exact) mass is 480 g/mol. The molecule has 0 aromatic heterocycles. The number of carbonyl (C=O) groups is 3. The quantitative estimate of drug-likeness (QED) is 0.399. The number of aliphatic carboxylic acids is 1. The first-order valence-corrected chi connectivity index (χ1v) is 12.3. The van der Waals surface area contributed by atoms with Gasteiger partial charge in [-0.2, -0.15) is 0 Å². The average molecular weight is 481 g/mol. The molecule has 3 N–H and O–H groups in total. The van der Waals surface area contributed by atoms with Crippen LogP contribution in [0.15, 0.2) is 48.5 Å². The summed E-state index contributed by atoms with van der Waals surface area (Å²) in [5.74, 6) is -0.803. The molecule has 7 nitrogen and oxygen atoms in total. The number of alkyl carbamates (subject to hydrolysis) is 1. The van der Waals surface area contributed by atoms with Crippen molar-refractivity contribution in [3.05, 3.63) is 59.7 Å². The van der Waals surface area contributed by atoms with Crippen molar-refractivity contribution in [1.82, 2.24) is 10.6 Å². The second-order valence-electron chi connectivity index (χ2n) is 9.68. The molecule has 0 fully saturated rings. The summed E-state index contributed by atoms with van der Waals surface area (Å²) in [5.41, 5.74) is 3.79. The molecule has 1 aliphatic rings. The average Bonchev–Trinajstić information content (AvgIpc) is 3.18. The van der Waals surface area contributed by atoms with Crippen LogP contribution in [0.2, 0.25) is 0 Å². The van der Waals surface area contributed by atoms with E-state index in [0.717, 1.165) is 6.42 Å². The molecule has 7 heteroatoms. The second-order valence-corrected chi connectivity index (χ2v) is 9.68. The maximum absolute atomic E-state index is 12.3. The highest BCUT2D eigenvalue weighted by molar-refractivity contribution is 5.79. The minimum Gasteiger partial charge on any atom is -0.481 e. The molecule has 1 aliphatic carbocycles. The Bertz CT molecular complexity index is 1010. The smallest absolute Gasteiger partial charge is 0.407 e. The first-order chi connectivity index (χ1) is 16.7. The fourth-order valence-electron chi connectivity index (χ4n) is 4.33. The number of nitrogens with one attached hydrogen (secondary N) is 2. The summed E-state index contributed by atoms with van der Waals surface area (Å²) in [7, 11) is 0. The Morgan fingerprint density at radius 2 is 1.60 bits per heavy atom. The molecule has 3 rings (SSSR count). The Morgan fingerprint density at radius 3 is 2.17 bits per heavy atom. The molecular formula is C28H36N2O5. The summed E-state index contributed by atoms with van der Waals surface area (Å²) >= 11 is 0. The molecule has 0 spiro atoms. The summed E-state index contributed by atoms with van der Waals surface area (Å²) in [6.45, 7) is 6.32. The first-order valence-electron chi connectivity index (χ1n) is 12.3. The van der Waals surface area contributed by atoms with E-state index in [4.69, 9.17) is 4.74 Å². The molecule has 0 bridgehead atoms. The molecule has 0 saturated heterocycles. The Kier molecular flexibility index (Phi) is 8.90. The largest absolute Gasteiger partial charge is 0.481 e. The predicted molar refractivity (Wildman–Crippen MR) is 135 cm³/mol. The van der Waals surface area contributed by atoms with Crippen LogP contribution in [0.1, 0.15) is 63.5 Å². The van der Waals surface area contributed by atoms with E-state index in [0.29, 0.717) is 25.8 Å². The van der Waals surface area contributed by atoms with E-state index in [-0.39, 0.29) is 30.9 Å². The van der Waals surface area contributed by atoms with E-state index in [1.165, 1.54) is 22.3 Å². The number of hydrogen-bond donors (Lipinski definition) is 3. The van der Waals surface area contributed by atoms with Gasteiger partial charge in [-0.1, -0.05) is 62.4 Å². The van der Waals surface area contributed by atoms with Crippen LogP contribution in [0.5, 0.6) is 0 Å². The number of carbonyl (C=O) groups excluding carboxylic acids is 2. The van der Waals surface area contributed by atoms with Crippen LogP contribution in [0.25, 0.3) is 11.1 Å². The maximum atomic E-state index is 12.3. The summed E-state index contributed by atoms with van der Waals surface area (Å²) in [6, 6.07) is 16.4. The van der Waals surface area contributed by atoms with Crippen LogP contribution in [0.3, 0.4) is 0 Å². The van der Waals surface area contributed by atoms with Crippen molar-refractivity contribution in [2.75, 3.05) is 19.7 Å². The summed E-state index contributed by atoms with van der Waals surface area (Å²) < 4.78 is 5.55. The number of hydrogen-bond acceptors (Lipinski definition) is 4. The van der Waals surface area contributed by atoms with Crippen LogP contribution in [0, 0.1) is 11.3 Å². The van der Waals surface area contributed by atoms with Crippen molar-refractivity contribution >= 4 is 18.0 Å². The van der Waals surface area contributed by atoms with Gasteiger partial charge in [-0.3, -0.25) is 9.59 Å². The molecular weight excluding hydrogens is 444 g/mol. The van der Waals surface area contributed by atoms with E-state index in [1.54, 1.807) is 13.8 Å². The number of carboxylic acid groups (broad SMARTS) is 1. The third-order valence-electron chi connectivity index (χ3n) is 7.09. The van der Waals surface area contributed by atoms with Gasteiger partial charge in [-0.05, 0) is 54.4 Å². The third-order valence-corrected chi connectivity index (χ3v) is 7.09. The molecule has 188 valence electrons. The van der Waals surface area contributed by atoms with Crippen LogP contribution in [-0.2, 0) is 14.3 Å². The highest BCUT2D eigenvalue weighted by Gasteiger charge is 2.31. The summed E-state index contributed by atoms with van der Waals surface area (Å²) in [4.78, 5) is 35.7. The normalized spacial score (nSPS) is 14.8. The zero-order valence-electron chi connectivity index (χ0n) is 20.8. The minimum atomic E-state index is -0.950. The van der Waals surface area contributed by atoms with Crippen LogP contribution >= 0.6 is 0 Å². The molecule has 2 aromatic carbocycles. The number of carboxylic acids is 1. The Hall–Kier alpha value is -3.35. The molecule has 2 unspecified atom stereocenters. The fraction of sp³-hybridized carbons (Fsp3) is 0.464. The Labute approximate surface area is 207 Å². The number of fused-ring (bicyclic) bond motifs is 3. The second kappa shape index (κ2) is 11.9. The first kappa shape index (κ1) is 26.3. The highest BCUT2D eigenvalue weighted by Crippen LogP contribution is 2.44.